The number of carbonyl (C=O) groups excluding carboxylic acids is 4. The summed E-state index contributed by atoms with van der Waals surface area (Å²) in [6.45, 7) is 25.4. The number of esters is 1. The van der Waals surface area contributed by atoms with E-state index >= 15 is 8.78 Å². The summed E-state index contributed by atoms with van der Waals surface area (Å²) in [5.74, 6) is -2.70. The zero-order chi connectivity index (χ0) is 63.3. The highest BCUT2D eigenvalue weighted by atomic mass is 32.2. The van der Waals surface area contributed by atoms with E-state index in [9.17, 15) is 33.9 Å². The molecule has 0 unspecified atom stereocenters. The van der Waals surface area contributed by atoms with Gasteiger partial charge in [-0.2, -0.15) is 4.98 Å². The number of hydrogen-bond acceptors (Lipinski definition) is 14. The van der Waals surface area contributed by atoms with Gasteiger partial charge in [-0.15, -0.1) is 0 Å². The number of nitrogens with two attached hydrogens (primary N) is 1. The van der Waals surface area contributed by atoms with Gasteiger partial charge < -0.3 is 30.2 Å². The van der Waals surface area contributed by atoms with Crippen molar-refractivity contribution in [2.45, 2.75) is 164 Å². The topological polar surface area (TPSA) is 232 Å². The van der Waals surface area contributed by atoms with Crippen LogP contribution in [-0.4, -0.2) is 92.6 Å². The Morgan fingerprint density at radius 1 is 0.635 bits per heavy atom. The number of benzene rings is 4. The van der Waals surface area contributed by atoms with Gasteiger partial charge in [0.2, 0.25) is 0 Å². The molecule has 460 valence electrons. The van der Waals surface area contributed by atoms with Crippen LogP contribution in [0.1, 0.15) is 164 Å². The number of rotatable bonds is 26. The number of carbonyl (C=O) groups is 6. The number of nitrogens with zero attached hydrogens (tertiary/aromatic N) is 4. The van der Waals surface area contributed by atoms with Crippen molar-refractivity contribution in [1.82, 2.24) is 19.1 Å². The number of Topliss-reactive ketones (excluding diaryl/α,β-unsaturated/α-hetero) is 1. The Balaban J connectivity index is 0.000000309. The van der Waals surface area contributed by atoms with Crippen molar-refractivity contribution in [1.29, 1.82) is 0 Å². The maximum absolute atomic E-state index is 15.4. The molecule has 20 heteroatoms. The van der Waals surface area contributed by atoms with E-state index in [1.54, 1.807) is 54.6 Å². The van der Waals surface area contributed by atoms with Crippen molar-refractivity contribution in [2.75, 3.05) is 13.2 Å². The number of aliphatic carboxylic acids is 1. The SMILES string of the molecule is CC(=O)S[C@@H](CC(C)C)C(=O)O.CCOc1nc(CC)c(CCC(=O)[C@H](CC(C)C)SC(C)=O)n1Cc1ccc(-c2ccccc2C(=O)O)cc1F.CCOc1nc(CC)c(CN)n1Cc1ccc(-c2ccccc2C(=O)OC(C)(C)C)cc1F. The molecule has 0 spiro atoms. The summed E-state index contributed by atoms with van der Waals surface area (Å²) in [5.41, 5.74) is 12.1. The number of imidazole rings is 2. The van der Waals surface area contributed by atoms with Crippen LogP contribution in [0.5, 0.6) is 12.0 Å². The molecule has 2 aromatic heterocycles. The van der Waals surface area contributed by atoms with Crippen LogP contribution in [0.4, 0.5) is 8.78 Å². The van der Waals surface area contributed by atoms with E-state index in [4.69, 9.17) is 25.1 Å². The molecule has 4 N–H and O–H groups in total. The van der Waals surface area contributed by atoms with E-state index in [1.165, 1.54) is 32.0 Å². The van der Waals surface area contributed by atoms with Crippen LogP contribution in [0.25, 0.3) is 22.3 Å². The van der Waals surface area contributed by atoms with Gasteiger partial charge in [0.1, 0.15) is 28.3 Å². The molecule has 6 rings (SSSR count). The molecule has 0 amide bonds. The number of carboxylic acids is 2. The normalized spacial score (nSPS) is 11.9. The van der Waals surface area contributed by atoms with Crippen LogP contribution in [0.15, 0.2) is 84.9 Å². The molecule has 16 nitrogen and oxygen atoms in total. The van der Waals surface area contributed by atoms with Crippen LogP contribution in [0, 0.1) is 23.5 Å². The van der Waals surface area contributed by atoms with Crippen LogP contribution >= 0.6 is 23.5 Å². The monoisotopic (exact) mass is 1210 g/mol. The average molecular weight is 1210 g/mol. The first-order valence-electron chi connectivity index (χ1n) is 28.6. The molecule has 0 radical (unpaired) electrons. The van der Waals surface area contributed by atoms with E-state index in [0.29, 0.717) is 102 Å². The van der Waals surface area contributed by atoms with Gasteiger partial charge in [0.15, 0.2) is 10.2 Å². The summed E-state index contributed by atoms with van der Waals surface area (Å²) in [4.78, 5) is 79.7. The van der Waals surface area contributed by atoms with E-state index in [0.717, 1.165) is 46.3 Å². The standard InChI is InChI=1S/C31H37FN2O5S.C26H32FN3O3.C8H14O3S/c1-6-26-27(14-15-28(36)29(16-19(3)4)40-20(5)35)34(31(33-26)39-7-2)18-22-13-12-21(17-25(22)32)23-10-8-9-11-24(23)30(37)38;1-6-22-23(15-28)30(25(29-22)32-7-2)16-18-13-12-17(14-21(18)27)19-10-8-9-11-20(19)24(31)33-26(3,4)5;1-5(2)4-7(8(10)11)12-6(3)9/h8-13,17,19,29H,6-7,14-16,18H2,1-5H3,(H,37,38);8-14H,6-7,15-16,28H2,1-5H3;5,7H,4H2,1-3H3,(H,10,11)/t29-;;7-/m0.0/s1. The average Bonchev–Trinajstić information content (AvgIpc) is 2.63. The van der Waals surface area contributed by atoms with Crippen molar-refractivity contribution < 1.29 is 62.0 Å². The summed E-state index contributed by atoms with van der Waals surface area (Å²) in [5, 5.41) is 17.0. The van der Waals surface area contributed by atoms with Gasteiger partial charge in [-0.25, -0.2) is 23.4 Å². The van der Waals surface area contributed by atoms with Crippen molar-refractivity contribution in [2.24, 2.45) is 17.6 Å². The highest BCUT2D eigenvalue weighted by Gasteiger charge is 2.27. The summed E-state index contributed by atoms with van der Waals surface area (Å²) in [7, 11) is 0. The lowest BCUT2D eigenvalue weighted by atomic mass is 9.98. The fourth-order valence-electron chi connectivity index (χ4n) is 9.20. The smallest absolute Gasteiger partial charge is 0.339 e. The molecule has 6 aromatic rings. The Labute approximate surface area is 507 Å². The molecule has 0 saturated carbocycles. The fourth-order valence-corrected chi connectivity index (χ4v) is 11.3. The number of aromatic nitrogens is 4. The van der Waals surface area contributed by atoms with Gasteiger partial charge in [-0.05, 0) is 125 Å². The number of ketones is 1. The van der Waals surface area contributed by atoms with Gasteiger partial charge >= 0.3 is 17.9 Å². The molecule has 0 saturated heterocycles. The quantitative estimate of drug-likeness (QED) is 0.0429. The Morgan fingerprint density at radius 2 is 1.07 bits per heavy atom. The predicted molar refractivity (Wildman–Crippen MR) is 331 cm³/mol. The minimum atomic E-state index is -1.08. The largest absolute Gasteiger partial charge is 0.480 e. The van der Waals surface area contributed by atoms with Crippen molar-refractivity contribution in [3.63, 3.8) is 0 Å². The minimum absolute atomic E-state index is 0.00860. The van der Waals surface area contributed by atoms with Crippen LogP contribution < -0.4 is 15.2 Å². The Bertz CT molecular complexity index is 3260. The second-order valence-electron chi connectivity index (χ2n) is 21.8. The maximum Gasteiger partial charge on any atom is 0.339 e. The zero-order valence-corrected chi connectivity index (χ0v) is 52.8. The summed E-state index contributed by atoms with van der Waals surface area (Å²) in [6, 6.07) is 24.0. The number of hydrogen-bond donors (Lipinski definition) is 3. The lowest BCUT2D eigenvalue weighted by Gasteiger charge is -2.20. The molecule has 2 atom stereocenters. The van der Waals surface area contributed by atoms with Crippen molar-refractivity contribution >= 4 is 57.4 Å². The third-order valence-electron chi connectivity index (χ3n) is 13.0. The minimum Gasteiger partial charge on any atom is -0.480 e. The molecule has 0 aliphatic carbocycles. The first-order valence-corrected chi connectivity index (χ1v) is 30.4. The van der Waals surface area contributed by atoms with E-state index in [1.807, 2.05) is 97.4 Å². The van der Waals surface area contributed by atoms with Gasteiger partial charge in [0, 0.05) is 43.6 Å². The van der Waals surface area contributed by atoms with Gasteiger partial charge in [0.25, 0.3) is 12.0 Å². The predicted octanol–water partition coefficient (Wildman–Crippen LogP) is 13.5. The molecule has 0 fully saturated rings. The molecule has 0 aliphatic heterocycles. The van der Waals surface area contributed by atoms with Gasteiger partial charge in [-0.3, -0.25) is 28.3 Å². The van der Waals surface area contributed by atoms with Gasteiger partial charge in [0.05, 0.1) is 59.8 Å². The van der Waals surface area contributed by atoms with Crippen LogP contribution in [-0.2, 0) is 62.8 Å². The zero-order valence-electron chi connectivity index (χ0n) is 51.2. The molecular formula is C65H83F2N5O11S2. The molecular weight excluding hydrogens is 1130 g/mol. The Kier molecular flexibility index (Phi) is 27.7. The third-order valence-corrected chi connectivity index (χ3v) is 15.1. The third kappa shape index (κ3) is 21.1. The number of thioether (sulfide) groups is 2. The Morgan fingerprint density at radius 3 is 1.48 bits per heavy atom. The van der Waals surface area contributed by atoms with Crippen molar-refractivity contribution in [3.05, 3.63) is 142 Å². The summed E-state index contributed by atoms with van der Waals surface area (Å²) >= 11 is 1.98. The molecule has 2 heterocycles. The Hall–Kier alpha value is -7.16. The number of carboxylic acid groups (broad SMARTS) is 2. The highest BCUT2D eigenvalue weighted by molar-refractivity contribution is 8.14. The first-order chi connectivity index (χ1) is 40.2. The summed E-state index contributed by atoms with van der Waals surface area (Å²) in [6.07, 6.45) is 3.11. The number of aryl methyl sites for hydroxylation is 2. The first kappa shape index (κ1) is 70.3. The second kappa shape index (κ2) is 33.5. The molecule has 0 aliphatic rings. The van der Waals surface area contributed by atoms with Crippen LogP contribution in [0.2, 0.25) is 0 Å². The molecule has 85 heavy (non-hydrogen) atoms. The second-order valence-corrected chi connectivity index (χ2v) is 24.6. The van der Waals surface area contributed by atoms with Crippen molar-refractivity contribution in [3.8, 4) is 34.3 Å². The maximum atomic E-state index is 15.4. The number of halogens is 2. The fraction of sp³-hybridized carbons (Fsp3) is 0.446. The van der Waals surface area contributed by atoms with Crippen LogP contribution in [0.3, 0.4) is 0 Å². The van der Waals surface area contributed by atoms with Gasteiger partial charge in [-0.1, -0.05) is 126 Å². The van der Waals surface area contributed by atoms with E-state index in [-0.39, 0.29) is 59.4 Å². The van der Waals surface area contributed by atoms with E-state index in [2.05, 4.69) is 9.97 Å². The lowest BCUT2D eigenvalue weighted by Crippen LogP contribution is -2.24. The molecule has 4 aromatic carbocycles. The molecule has 0 bridgehead atoms. The lowest BCUT2D eigenvalue weighted by molar-refractivity contribution is -0.136. The summed E-state index contributed by atoms with van der Waals surface area (Å²) < 4.78 is 51.3. The highest BCUT2D eigenvalue weighted by Crippen LogP contribution is 2.32. The number of aromatic carboxylic acids is 1. The van der Waals surface area contributed by atoms with E-state index < -0.39 is 39.8 Å². The number of ether oxygens (including phenoxy) is 3.